The van der Waals surface area contributed by atoms with Crippen LogP contribution in [0.25, 0.3) is 0 Å². The van der Waals surface area contributed by atoms with Crippen LogP contribution in [0.3, 0.4) is 0 Å². The molecule has 0 aromatic heterocycles. The molecule has 0 aliphatic carbocycles. The fourth-order valence-electron chi connectivity index (χ4n) is 6.31. The van der Waals surface area contributed by atoms with E-state index in [1.807, 2.05) is 65.6 Å². The molecule has 5 amide bonds. The molecule has 2 aromatic rings. The first kappa shape index (κ1) is 35.6. The Bertz CT molecular complexity index is 1360. The van der Waals surface area contributed by atoms with E-state index in [9.17, 15) is 24.0 Å². The summed E-state index contributed by atoms with van der Waals surface area (Å²) in [7, 11) is 0. The molecule has 2 aliphatic rings. The highest BCUT2D eigenvalue weighted by Crippen LogP contribution is 2.40. The molecular formula is C35H49N7O5. The van der Waals surface area contributed by atoms with Crippen LogP contribution in [-0.2, 0) is 36.8 Å². The summed E-state index contributed by atoms with van der Waals surface area (Å²) in [6.45, 7) is 4.28. The molecule has 0 radical (unpaired) electrons. The lowest BCUT2D eigenvalue weighted by Gasteiger charge is -2.54. The van der Waals surface area contributed by atoms with Crippen molar-refractivity contribution < 1.29 is 24.0 Å². The summed E-state index contributed by atoms with van der Waals surface area (Å²) in [6.07, 6.45) is 3.95. The van der Waals surface area contributed by atoms with Gasteiger partial charge >= 0.3 is 0 Å². The number of carbonyl (C=O) groups is 5. The Morgan fingerprint density at radius 1 is 0.787 bits per heavy atom. The van der Waals surface area contributed by atoms with E-state index in [1.54, 1.807) is 11.8 Å². The number of unbranched alkanes of at least 4 members (excludes halogenated alkanes) is 1. The van der Waals surface area contributed by atoms with Gasteiger partial charge in [-0.1, -0.05) is 60.7 Å². The molecule has 12 nitrogen and oxygen atoms in total. The molecule has 0 saturated carbocycles. The van der Waals surface area contributed by atoms with Crippen molar-refractivity contribution >= 4 is 29.5 Å². The highest BCUT2D eigenvalue weighted by Gasteiger charge is 2.46. The summed E-state index contributed by atoms with van der Waals surface area (Å²) in [5.74, 6) is -1.58. The zero-order valence-corrected chi connectivity index (χ0v) is 27.3. The third-order valence-corrected chi connectivity index (χ3v) is 9.19. The van der Waals surface area contributed by atoms with E-state index in [4.69, 9.17) is 11.5 Å². The third kappa shape index (κ3) is 10.4. The standard InChI is InChI=1S/C35H49N7O5/c1-25(43)42-23-35(24-42)15-18-41(19-16-35)34(47)29(14-8-9-17-36)39-31(44)22-38-33(46)30(21-27-12-6-3-7-13-27)40-32(45)28(37)20-26-10-4-2-5-11-26/h2-7,10-13,28-30H,8-9,14-24,36-37H2,1H3,(H,38,46)(H,39,44)(H,40,45)/t28-,29?,30?/m1/s1. The normalized spacial score (nSPS) is 17.2. The first-order valence-corrected chi connectivity index (χ1v) is 16.5. The molecule has 7 N–H and O–H groups in total. The molecule has 47 heavy (non-hydrogen) atoms. The number of benzene rings is 2. The van der Waals surface area contributed by atoms with Gasteiger partial charge in [-0.05, 0) is 56.2 Å². The van der Waals surface area contributed by atoms with Gasteiger partial charge in [-0.3, -0.25) is 24.0 Å². The zero-order chi connectivity index (χ0) is 33.8. The number of likely N-dealkylation sites (tertiary alicyclic amines) is 2. The van der Waals surface area contributed by atoms with Gasteiger partial charge in [0.15, 0.2) is 0 Å². The van der Waals surface area contributed by atoms with Crippen LogP contribution in [0.2, 0.25) is 0 Å². The number of piperidine rings is 1. The van der Waals surface area contributed by atoms with Crippen molar-refractivity contribution in [2.24, 2.45) is 16.9 Å². The third-order valence-electron chi connectivity index (χ3n) is 9.19. The lowest BCUT2D eigenvalue weighted by atomic mass is 9.72. The molecule has 2 aromatic carbocycles. The van der Waals surface area contributed by atoms with E-state index < -0.39 is 35.8 Å². The molecular weight excluding hydrogens is 598 g/mol. The molecule has 12 heteroatoms. The van der Waals surface area contributed by atoms with Crippen molar-refractivity contribution in [2.75, 3.05) is 39.3 Å². The van der Waals surface area contributed by atoms with Crippen LogP contribution >= 0.6 is 0 Å². The van der Waals surface area contributed by atoms with Crippen LogP contribution in [0, 0.1) is 5.41 Å². The summed E-state index contributed by atoms with van der Waals surface area (Å²) in [6, 6.07) is 16.1. The van der Waals surface area contributed by atoms with Gasteiger partial charge in [0, 0.05) is 44.9 Å². The van der Waals surface area contributed by atoms with Crippen molar-refractivity contribution in [1.82, 2.24) is 25.8 Å². The van der Waals surface area contributed by atoms with Crippen LogP contribution in [0.5, 0.6) is 0 Å². The van der Waals surface area contributed by atoms with Gasteiger partial charge in [0.25, 0.3) is 0 Å². The number of carbonyl (C=O) groups excluding carboxylic acids is 5. The van der Waals surface area contributed by atoms with Gasteiger partial charge in [0.05, 0.1) is 12.6 Å². The molecule has 2 aliphatic heterocycles. The molecule has 2 fully saturated rings. The van der Waals surface area contributed by atoms with Crippen molar-refractivity contribution in [3.05, 3.63) is 71.8 Å². The molecule has 254 valence electrons. The molecule has 1 spiro atoms. The second-order valence-electron chi connectivity index (χ2n) is 12.9. The van der Waals surface area contributed by atoms with Crippen LogP contribution in [0.4, 0.5) is 0 Å². The summed E-state index contributed by atoms with van der Waals surface area (Å²) in [4.78, 5) is 68.3. The predicted molar refractivity (Wildman–Crippen MR) is 179 cm³/mol. The van der Waals surface area contributed by atoms with Gasteiger partial charge < -0.3 is 37.2 Å². The number of nitrogens with one attached hydrogen (secondary N) is 3. The largest absolute Gasteiger partial charge is 0.345 e. The number of nitrogens with two attached hydrogens (primary N) is 2. The van der Waals surface area contributed by atoms with Crippen molar-refractivity contribution in [2.45, 2.75) is 70.0 Å². The van der Waals surface area contributed by atoms with Gasteiger partial charge in [-0.25, -0.2) is 0 Å². The number of nitrogens with zero attached hydrogens (tertiary/aromatic N) is 2. The van der Waals surface area contributed by atoms with Crippen LogP contribution in [-0.4, -0.2) is 96.7 Å². The number of rotatable bonds is 15. The quantitative estimate of drug-likeness (QED) is 0.175. The number of amides is 5. The Kier molecular flexibility index (Phi) is 12.9. The molecule has 2 unspecified atom stereocenters. The Morgan fingerprint density at radius 2 is 1.38 bits per heavy atom. The Labute approximate surface area is 277 Å². The fraction of sp³-hybridized carbons (Fsp3) is 0.514. The summed E-state index contributed by atoms with van der Waals surface area (Å²) < 4.78 is 0. The lowest BCUT2D eigenvalue weighted by Crippen LogP contribution is -2.62. The molecule has 2 heterocycles. The van der Waals surface area contributed by atoms with Crippen molar-refractivity contribution in [1.29, 1.82) is 0 Å². The van der Waals surface area contributed by atoms with Gasteiger partial charge in [0.1, 0.15) is 12.1 Å². The van der Waals surface area contributed by atoms with E-state index in [-0.39, 0.29) is 30.2 Å². The van der Waals surface area contributed by atoms with Crippen LogP contribution < -0.4 is 27.4 Å². The maximum atomic E-state index is 13.6. The summed E-state index contributed by atoms with van der Waals surface area (Å²) in [5.41, 5.74) is 13.7. The van der Waals surface area contributed by atoms with Crippen molar-refractivity contribution in [3.8, 4) is 0 Å². The number of hydrogen-bond donors (Lipinski definition) is 5. The minimum atomic E-state index is -0.965. The van der Waals surface area contributed by atoms with Crippen molar-refractivity contribution in [3.63, 3.8) is 0 Å². The SMILES string of the molecule is CC(=O)N1CC2(CCN(C(=O)C(CCCCN)NC(=O)CNC(=O)C(Cc3ccccc3)NC(=O)[C@H](N)Cc3ccccc3)CC2)C1. The topological polar surface area (TPSA) is 180 Å². The summed E-state index contributed by atoms with van der Waals surface area (Å²) >= 11 is 0. The Morgan fingerprint density at radius 3 is 1.96 bits per heavy atom. The fourth-order valence-corrected chi connectivity index (χ4v) is 6.31. The minimum Gasteiger partial charge on any atom is -0.345 e. The molecule has 3 atom stereocenters. The number of hydrogen-bond acceptors (Lipinski definition) is 7. The predicted octanol–water partition coefficient (Wildman–Crippen LogP) is 0.485. The Balaban J connectivity index is 1.33. The van der Waals surface area contributed by atoms with Crippen LogP contribution in [0.1, 0.15) is 50.2 Å². The monoisotopic (exact) mass is 647 g/mol. The minimum absolute atomic E-state index is 0.0716. The highest BCUT2D eigenvalue weighted by atomic mass is 16.2. The molecule has 0 bridgehead atoms. The van der Waals surface area contributed by atoms with Gasteiger partial charge in [-0.15, -0.1) is 0 Å². The molecule has 2 saturated heterocycles. The van der Waals surface area contributed by atoms with E-state index in [0.717, 1.165) is 37.1 Å². The highest BCUT2D eigenvalue weighted by molar-refractivity contribution is 5.93. The lowest BCUT2D eigenvalue weighted by molar-refractivity contribution is -0.149. The van der Waals surface area contributed by atoms with Gasteiger partial charge in [0.2, 0.25) is 29.5 Å². The summed E-state index contributed by atoms with van der Waals surface area (Å²) in [5, 5.41) is 8.24. The maximum Gasteiger partial charge on any atom is 0.245 e. The maximum absolute atomic E-state index is 13.6. The van der Waals surface area contributed by atoms with Crippen LogP contribution in [0.15, 0.2) is 60.7 Å². The second kappa shape index (κ2) is 17.0. The van der Waals surface area contributed by atoms with E-state index in [0.29, 0.717) is 45.3 Å². The second-order valence-corrected chi connectivity index (χ2v) is 12.9. The average molecular weight is 648 g/mol. The van der Waals surface area contributed by atoms with E-state index in [1.165, 1.54) is 0 Å². The van der Waals surface area contributed by atoms with E-state index in [2.05, 4.69) is 16.0 Å². The zero-order valence-electron chi connectivity index (χ0n) is 27.3. The Hall–Kier alpha value is -4.29. The molecule has 4 rings (SSSR count). The first-order chi connectivity index (χ1) is 22.6. The average Bonchev–Trinajstić information content (AvgIpc) is 3.06. The van der Waals surface area contributed by atoms with Gasteiger partial charge in [-0.2, -0.15) is 0 Å². The smallest absolute Gasteiger partial charge is 0.245 e. The van der Waals surface area contributed by atoms with E-state index >= 15 is 0 Å². The first-order valence-electron chi connectivity index (χ1n) is 16.5.